The summed E-state index contributed by atoms with van der Waals surface area (Å²) in [6.45, 7) is 6.26. The molecule has 1 fully saturated rings. The Labute approximate surface area is 279 Å². The molecule has 0 bridgehead atoms. The first-order chi connectivity index (χ1) is 23.5. The summed E-state index contributed by atoms with van der Waals surface area (Å²) in [4.78, 5) is 44.8. The minimum Gasteiger partial charge on any atom is -0.378 e. The summed E-state index contributed by atoms with van der Waals surface area (Å²) in [5.41, 5.74) is 3.14. The van der Waals surface area contributed by atoms with Crippen LogP contribution in [0.25, 0.3) is 5.69 Å². The van der Waals surface area contributed by atoms with E-state index >= 15 is 0 Å². The first-order valence-corrected chi connectivity index (χ1v) is 15.9. The summed E-state index contributed by atoms with van der Waals surface area (Å²) < 4.78 is 46.5. The molecule has 0 unspecified atom stereocenters. The second-order valence-corrected chi connectivity index (χ2v) is 12.1. The number of carbonyl (C=O) groups excluding carboxylic acids is 3. The zero-order valence-corrected chi connectivity index (χ0v) is 26.6. The fourth-order valence-electron chi connectivity index (χ4n) is 6.57. The van der Waals surface area contributed by atoms with Crippen LogP contribution >= 0.6 is 0 Å². The van der Waals surface area contributed by atoms with Gasteiger partial charge in [0, 0.05) is 48.6 Å². The Kier molecular flexibility index (Phi) is 8.32. The molecule has 0 saturated carbocycles. The van der Waals surface area contributed by atoms with Crippen LogP contribution in [0.15, 0.2) is 78.5 Å². The van der Waals surface area contributed by atoms with Crippen molar-refractivity contribution in [1.29, 1.82) is 0 Å². The van der Waals surface area contributed by atoms with E-state index < -0.39 is 35.8 Å². The average molecular weight is 675 g/mol. The number of fused-ring (bicyclic) bond motifs is 1. The highest BCUT2D eigenvalue weighted by atomic mass is 19.4. The molecule has 0 radical (unpaired) electrons. The number of amides is 3. The SMILES string of the molecule is CCN1C(=O)[C@@H](NC(=O)c2ccn(C(F)(F)F)n2)[C@H](c2cccc(NC(=O)C3=CCN(C4COC4)C3)c2)c2c(C)nn(-c3ccccc3)c21. The van der Waals surface area contributed by atoms with Crippen molar-refractivity contribution >= 4 is 29.2 Å². The number of nitrogens with zero attached hydrogens (tertiary/aromatic N) is 6. The summed E-state index contributed by atoms with van der Waals surface area (Å²) in [7, 11) is 0. The number of para-hydroxylation sites is 1. The van der Waals surface area contributed by atoms with E-state index in [-0.39, 0.29) is 17.1 Å². The highest BCUT2D eigenvalue weighted by molar-refractivity contribution is 6.06. The standard InChI is InChI=1S/C34H33F3N8O4/c1-3-43-32-27(20(2)40-45(32)24-10-5-4-6-11-24)28(29(33(43)48)39-31(47)26-13-15-44(41-26)34(35,36)37)21-8-7-9-23(16-21)38-30(46)22-12-14-42(17-22)25-18-49-19-25/h4-13,15-16,25,28-29H,3,14,17-19H2,1-2H3,(H,38,46)(H,39,47)/t28-,29+/m1/s1. The number of rotatable bonds is 8. The second kappa shape index (κ2) is 12.6. The number of aromatic nitrogens is 4. The molecule has 0 spiro atoms. The van der Waals surface area contributed by atoms with Crippen LogP contribution in [0.5, 0.6) is 0 Å². The maximum atomic E-state index is 14.4. The lowest BCUT2D eigenvalue weighted by molar-refractivity contribution is -0.212. The molecule has 0 aliphatic carbocycles. The lowest BCUT2D eigenvalue weighted by atomic mass is 9.81. The minimum absolute atomic E-state index is 0.223. The van der Waals surface area contributed by atoms with E-state index in [4.69, 9.17) is 9.84 Å². The lowest BCUT2D eigenvalue weighted by Crippen LogP contribution is -2.55. The summed E-state index contributed by atoms with van der Waals surface area (Å²) in [5.74, 6) is -1.99. The van der Waals surface area contributed by atoms with Gasteiger partial charge in [0.15, 0.2) is 0 Å². The third kappa shape index (κ3) is 5.99. The molecule has 12 nitrogen and oxygen atoms in total. The molecule has 254 valence electrons. The smallest absolute Gasteiger partial charge is 0.378 e. The average Bonchev–Trinajstić information content (AvgIpc) is 3.81. The van der Waals surface area contributed by atoms with Crippen LogP contribution in [0.2, 0.25) is 0 Å². The Bertz CT molecular complexity index is 1950. The summed E-state index contributed by atoms with van der Waals surface area (Å²) >= 11 is 0. The molecule has 3 amide bonds. The molecule has 15 heteroatoms. The van der Waals surface area contributed by atoms with Gasteiger partial charge in [-0.05, 0) is 49.7 Å². The number of benzene rings is 2. The minimum atomic E-state index is -4.82. The largest absolute Gasteiger partial charge is 0.504 e. The van der Waals surface area contributed by atoms with Gasteiger partial charge in [0.1, 0.15) is 17.6 Å². The van der Waals surface area contributed by atoms with Gasteiger partial charge in [-0.25, -0.2) is 4.68 Å². The third-order valence-electron chi connectivity index (χ3n) is 9.08. The molecule has 4 aromatic rings. The lowest BCUT2D eigenvalue weighted by Gasteiger charge is -2.38. The highest BCUT2D eigenvalue weighted by Crippen LogP contribution is 2.44. The number of halogens is 3. The molecule has 5 heterocycles. The number of aryl methyl sites for hydroxylation is 1. The Morgan fingerprint density at radius 1 is 1.02 bits per heavy atom. The fourth-order valence-corrected chi connectivity index (χ4v) is 6.57. The van der Waals surface area contributed by atoms with Crippen LogP contribution in [0, 0.1) is 6.92 Å². The van der Waals surface area contributed by atoms with E-state index in [2.05, 4.69) is 20.6 Å². The maximum absolute atomic E-state index is 14.4. The van der Waals surface area contributed by atoms with Crippen molar-refractivity contribution in [2.24, 2.45) is 0 Å². The topological polar surface area (TPSA) is 127 Å². The summed E-state index contributed by atoms with van der Waals surface area (Å²) in [5, 5.41) is 13.9. The number of carbonyl (C=O) groups is 3. The molecular formula is C34H33F3N8O4. The normalized spacial score (nSPS) is 19.7. The molecule has 1 saturated heterocycles. The van der Waals surface area contributed by atoms with E-state index in [1.165, 1.54) is 4.90 Å². The molecule has 49 heavy (non-hydrogen) atoms. The van der Waals surface area contributed by atoms with Gasteiger partial charge in [0.05, 0.1) is 30.6 Å². The summed E-state index contributed by atoms with van der Waals surface area (Å²) in [6.07, 6.45) is -2.28. The van der Waals surface area contributed by atoms with Gasteiger partial charge in [-0.1, -0.05) is 36.4 Å². The molecular weight excluding hydrogens is 641 g/mol. The third-order valence-corrected chi connectivity index (χ3v) is 9.08. The van der Waals surface area contributed by atoms with E-state index in [0.29, 0.717) is 78.1 Å². The van der Waals surface area contributed by atoms with Crippen molar-refractivity contribution in [3.05, 3.63) is 101 Å². The second-order valence-electron chi connectivity index (χ2n) is 12.1. The van der Waals surface area contributed by atoms with Crippen LogP contribution in [-0.2, 0) is 20.6 Å². The van der Waals surface area contributed by atoms with Crippen LogP contribution in [-0.4, -0.2) is 87.1 Å². The number of alkyl halides is 3. The molecule has 2 aromatic heterocycles. The fraction of sp³-hybridized carbons (Fsp3) is 0.324. The Balaban J connectivity index is 1.26. The highest BCUT2D eigenvalue weighted by Gasteiger charge is 2.46. The van der Waals surface area contributed by atoms with E-state index in [1.54, 1.807) is 42.8 Å². The summed E-state index contributed by atoms with van der Waals surface area (Å²) in [6, 6.07) is 16.3. The van der Waals surface area contributed by atoms with Crippen LogP contribution in [0.1, 0.15) is 40.2 Å². The van der Waals surface area contributed by atoms with Crippen molar-refractivity contribution in [1.82, 2.24) is 29.8 Å². The molecule has 3 aliphatic heterocycles. The predicted octanol–water partition coefficient (Wildman–Crippen LogP) is 3.73. The molecule has 7 rings (SSSR count). The van der Waals surface area contributed by atoms with Gasteiger partial charge in [-0.15, -0.1) is 13.2 Å². The molecule has 2 aromatic carbocycles. The number of nitrogens with one attached hydrogen (secondary N) is 2. The first-order valence-electron chi connectivity index (χ1n) is 15.9. The maximum Gasteiger partial charge on any atom is 0.504 e. The molecule has 2 atom stereocenters. The van der Waals surface area contributed by atoms with Crippen molar-refractivity contribution in [2.75, 3.05) is 43.1 Å². The molecule has 2 N–H and O–H groups in total. The number of ether oxygens (including phenoxy) is 1. The zero-order chi connectivity index (χ0) is 34.4. The molecule has 3 aliphatic rings. The van der Waals surface area contributed by atoms with Crippen LogP contribution < -0.4 is 15.5 Å². The van der Waals surface area contributed by atoms with Gasteiger partial charge in [0.2, 0.25) is 0 Å². The van der Waals surface area contributed by atoms with E-state index in [1.807, 2.05) is 36.4 Å². The Morgan fingerprint density at radius 2 is 1.80 bits per heavy atom. The number of anilines is 2. The van der Waals surface area contributed by atoms with Crippen molar-refractivity contribution in [3.8, 4) is 5.69 Å². The van der Waals surface area contributed by atoms with Gasteiger partial charge >= 0.3 is 6.30 Å². The quantitative estimate of drug-likeness (QED) is 0.292. The van der Waals surface area contributed by atoms with Gasteiger partial charge in [0.25, 0.3) is 17.7 Å². The number of likely N-dealkylation sites (N-methyl/N-ethyl adjacent to an activating group) is 1. The number of hydrogen-bond donors (Lipinski definition) is 2. The zero-order valence-electron chi connectivity index (χ0n) is 26.6. The first kappa shape index (κ1) is 32.3. The Morgan fingerprint density at radius 3 is 2.47 bits per heavy atom. The van der Waals surface area contributed by atoms with Crippen molar-refractivity contribution in [3.63, 3.8) is 0 Å². The van der Waals surface area contributed by atoms with Crippen LogP contribution in [0.4, 0.5) is 24.7 Å². The van der Waals surface area contributed by atoms with Gasteiger partial charge in [-0.3, -0.25) is 24.2 Å². The monoisotopic (exact) mass is 674 g/mol. The van der Waals surface area contributed by atoms with E-state index in [0.717, 1.165) is 6.07 Å². The van der Waals surface area contributed by atoms with Crippen molar-refractivity contribution < 1.29 is 32.3 Å². The number of hydrogen-bond acceptors (Lipinski definition) is 7. The predicted molar refractivity (Wildman–Crippen MR) is 172 cm³/mol. The van der Waals surface area contributed by atoms with Gasteiger partial charge < -0.3 is 15.4 Å². The Hall–Kier alpha value is -5.28. The van der Waals surface area contributed by atoms with Crippen molar-refractivity contribution in [2.45, 2.75) is 38.1 Å². The van der Waals surface area contributed by atoms with E-state index in [9.17, 15) is 27.6 Å². The van der Waals surface area contributed by atoms with Crippen LogP contribution in [0.3, 0.4) is 0 Å². The van der Waals surface area contributed by atoms with Gasteiger partial charge in [-0.2, -0.15) is 14.9 Å².